The Bertz CT molecular complexity index is 1070. The summed E-state index contributed by atoms with van der Waals surface area (Å²) in [6.45, 7) is 0. The fraction of sp³-hybridized carbons (Fsp3) is 0.353. The van der Waals surface area contributed by atoms with Crippen molar-refractivity contribution >= 4 is 27.2 Å². The lowest BCUT2D eigenvalue weighted by atomic mass is 10.1. The van der Waals surface area contributed by atoms with Crippen molar-refractivity contribution in [2.45, 2.75) is 35.7 Å². The Hall–Kier alpha value is -3.07. The number of alkyl halides is 3. The van der Waals surface area contributed by atoms with Gasteiger partial charge in [0.25, 0.3) is 15.7 Å². The minimum Gasteiger partial charge on any atom is -0.365 e. The number of hydrogen-bond acceptors (Lipinski definition) is 6. The number of carbonyl (C=O) groups is 1. The van der Waals surface area contributed by atoms with Gasteiger partial charge >= 0.3 is 5.51 Å². The van der Waals surface area contributed by atoms with Gasteiger partial charge in [-0.3, -0.25) is 9.48 Å². The second kappa shape index (κ2) is 7.40. The van der Waals surface area contributed by atoms with Crippen LogP contribution < -0.4 is 11.1 Å². The molecule has 1 aliphatic rings. The highest BCUT2D eigenvalue weighted by Crippen LogP contribution is 2.41. The van der Waals surface area contributed by atoms with E-state index < -0.39 is 26.1 Å². The Labute approximate surface area is 164 Å². The largest absolute Gasteiger partial charge is 0.501 e. The van der Waals surface area contributed by atoms with E-state index in [4.69, 9.17) is 11.0 Å². The Morgan fingerprint density at radius 1 is 1.34 bits per heavy atom. The Balaban J connectivity index is 1.88. The zero-order valence-electron chi connectivity index (χ0n) is 14.8. The predicted molar refractivity (Wildman–Crippen MR) is 95.7 cm³/mol. The van der Waals surface area contributed by atoms with Crippen LogP contribution in [-0.4, -0.2) is 29.6 Å². The van der Waals surface area contributed by atoms with Gasteiger partial charge in [0.05, 0.1) is 23.4 Å². The van der Waals surface area contributed by atoms with Crippen LogP contribution in [0.1, 0.15) is 35.7 Å². The van der Waals surface area contributed by atoms with E-state index in [1.807, 2.05) is 0 Å². The van der Waals surface area contributed by atoms with E-state index in [0.29, 0.717) is 0 Å². The van der Waals surface area contributed by atoms with E-state index in [1.165, 1.54) is 10.9 Å². The second-order valence-corrected chi connectivity index (χ2v) is 8.54. The molecular formula is C17H16F3N5O3S. The molecule has 1 amide bonds. The lowest BCUT2D eigenvalue weighted by molar-refractivity contribution is -0.0436. The van der Waals surface area contributed by atoms with Crippen molar-refractivity contribution in [3.05, 3.63) is 36.0 Å². The first kappa shape index (κ1) is 20.7. The van der Waals surface area contributed by atoms with E-state index in [-0.39, 0.29) is 35.4 Å². The highest BCUT2D eigenvalue weighted by molar-refractivity contribution is 7.92. The number of sulfone groups is 1. The maximum atomic E-state index is 12.6. The number of hydrogen-bond donors (Lipinski definition) is 2. The Morgan fingerprint density at radius 3 is 2.45 bits per heavy atom. The number of amides is 1. The van der Waals surface area contributed by atoms with Gasteiger partial charge in [-0.25, -0.2) is 8.42 Å². The maximum Gasteiger partial charge on any atom is 0.501 e. The molecule has 0 aliphatic heterocycles. The quantitative estimate of drug-likeness (QED) is 0.699. The first-order valence-electron chi connectivity index (χ1n) is 8.49. The molecule has 3 rings (SSSR count). The van der Waals surface area contributed by atoms with Gasteiger partial charge in [0.2, 0.25) is 0 Å². The molecule has 1 aliphatic carbocycles. The van der Waals surface area contributed by atoms with Crippen LogP contribution in [0.15, 0.2) is 35.4 Å². The van der Waals surface area contributed by atoms with Crippen molar-refractivity contribution < 1.29 is 26.4 Å². The lowest BCUT2D eigenvalue weighted by Crippen LogP contribution is -2.23. The normalized spacial score (nSPS) is 15.5. The SMILES string of the molecule is N#CCC(C1CC1)n1cc(C(N)=O)c(Nc2ccc(S(=O)(=O)C(F)(F)F)cc2)n1. The predicted octanol–water partition coefficient (Wildman–Crippen LogP) is 2.88. The van der Waals surface area contributed by atoms with E-state index in [9.17, 15) is 26.4 Å². The summed E-state index contributed by atoms with van der Waals surface area (Å²) in [6.07, 6.45) is 3.51. The van der Waals surface area contributed by atoms with Crippen molar-refractivity contribution in [2.24, 2.45) is 11.7 Å². The summed E-state index contributed by atoms with van der Waals surface area (Å²) in [5, 5.41) is 16.0. The molecule has 3 N–H and O–H groups in total. The fourth-order valence-electron chi connectivity index (χ4n) is 2.87. The van der Waals surface area contributed by atoms with Crippen LogP contribution in [0.5, 0.6) is 0 Å². The minimum atomic E-state index is -5.46. The molecule has 0 spiro atoms. The minimum absolute atomic E-state index is 0.0422. The van der Waals surface area contributed by atoms with Crippen molar-refractivity contribution in [2.75, 3.05) is 5.32 Å². The van der Waals surface area contributed by atoms with Gasteiger partial charge in [0, 0.05) is 11.9 Å². The molecule has 12 heteroatoms. The molecule has 1 atom stereocenters. The smallest absolute Gasteiger partial charge is 0.365 e. The average molecular weight is 427 g/mol. The summed E-state index contributed by atoms with van der Waals surface area (Å²) >= 11 is 0. The van der Waals surface area contributed by atoms with Crippen LogP contribution in [0.3, 0.4) is 0 Å². The average Bonchev–Trinajstić information content (AvgIpc) is 3.39. The van der Waals surface area contributed by atoms with Gasteiger partial charge in [-0.2, -0.15) is 23.5 Å². The number of nitrogens with zero attached hydrogens (tertiary/aromatic N) is 3. The summed E-state index contributed by atoms with van der Waals surface area (Å²) in [5.41, 5.74) is 0.223. The summed E-state index contributed by atoms with van der Waals surface area (Å²) < 4.78 is 62.2. The Kier molecular flexibility index (Phi) is 5.27. The number of nitriles is 1. The molecule has 154 valence electrons. The van der Waals surface area contributed by atoms with Gasteiger partial charge in [0.1, 0.15) is 5.56 Å². The van der Waals surface area contributed by atoms with Crippen LogP contribution in [0.2, 0.25) is 0 Å². The number of carbonyl (C=O) groups excluding carboxylic acids is 1. The van der Waals surface area contributed by atoms with Crippen LogP contribution >= 0.6 is 0 Å². The number of primary amides is 1. The van der Waals surface area contributed by atoms with E-state index in [2.05, 4.69) is 16.5 Å². The number of rotatable bonds is 7. The van der Waals surface area contributed by atoms with Crippen molar-refractivity contribution in [3.8, 4) is 6.07 Å². The molecule has 0 saturated heterocycles. The lowest BCUT2D eigenvalue weighted by Gasteiger charge is -2.13. The van der Waals surface area contributed by atoms with E-state index in [1.54, 1.807) is 0 Å². The number of anilines is 2. The van der Waals surface area contributed by atoms with Crippen LogP contribution in [0, 0.1) is 17.2 Å². The molecule has 0 radical (unpaired) electrons. The molecule has 0 bridgehead atoms. The third kappa shape index (κ3) is 4.19. The third-order valence-corrected chi connectivity index (χ3v) is 6.04. The van der Waals surface area contributed by atoms with Crippen molar-refractivity contribution in [1.29, 1.82) is 5.26 Å². The molecule has 8 nitrogen and oxygen atoms in total. The number of benzene rings is 1. The van der Waals surface area contributed by atoms with Crippen LogP contribution in [0.4, 0.5) is 24.7 Å². The zero-order valence-corrected chi connectivity index (χ0v) is 15.7. The van der Waals surface area contributed by atoms with Gasteiger partial charge < -0.3 is 11.1 Å². The number of nitrogens with one attached hydrogen (secondary N) is 1. The molecule has 2 aromatic rings. The molecular weight excluding hydrogens is 411 g/mol. The third-order valence-electron chi connectivity index (χ3n) is 4.54. The fourth-order valence-corrected chi connectivity index (χ4v) is 3.63. The van der Waals surface area contributed by atoms with E-state index in [0.717, 1.165) is 37.1 Å². The number of halogens is 3. The topological polar surface area (TPSA) is 131 Å². The van der Waals surface area contributed by atoms with Crippen LogP contribution in [-0.2, 0) is 9.84 Å². The Morgan fingerprint density at radius 2 is 1.97 bits per heavy atom. The first-order chi connectivity index (χ1) is 13.5. The van der Waals surface area contributed by atoms with Gasteiger partial charge in [0.15, 0.2) is 5.82 Å². The van der Waals surface area contributed by atoms with Crippen LogP contribution in [0.25, 0.3) is 0 Å². The molecule has 1 aromatic carbocycles. The van der Waals surface area contributed by atoms with Gasteiger partial charge in [-0.1, -0.05) is 0 Å². The van der Waals surface area contributed by atoms with Gasteiger partial charge in [-0.05, 0) is 43.0 Å². The summed E-state index contributed by atoms with van der Waals surface area (Å²) in [5.74, 6) is -0.441. The van der Waals surface area contributed by atoms with E-state index >= 15 is 0 Å². The molecule has 1 heterocycles. The monoisotopic (exact) mass is 427 g/mol. The highest BCUT2D eigenvalue weighted by Gasteiger charge is 2.46. The molecule has 29 heavy (non-hydrogen) atoms. The summed E-state index contributed by atoms with van der Waals surface area (Å²) in [4.78, 5) is 10.8. The summed E-state index contributed by atoms with van der Waals surface area (Å²) in [6, 6.07) is 5.71. The second-order valence-electron chi connectivity index (χ2n) is 6.60. The van der Waals surface area contributed by atoms with Crippen molar-refractivity contribution in [1.82, 2.24) is 9.78 Å². The molecule has 1 aromatic heterocycles. The highest BCUT2D eigenvalue weighted by atomic mass is 32.2. The summed E-state index contributed by atoms with van der Waals surface area (Å²) in [7, 11) is -5.46. The number of aromatic nitrogens is 2. The first-order valence-corrected chi connectivity index (χ1v) is 9.97. The zero-order chi connectivity index (χ0) is 21.4. The van der Waals surface area contributed by atoms with Crippen molar-refractivity contribution in [3.63, 3.8) is 0 Å². The standard InChI is InChI=1S/C17H16F3N5O3S/c18-17(19,20)29(27,28)12-5-3-11(4-6-12)23-16-13(15(22)26)9-25(24-16)14(7-8-21)10-1-2-10/h3-6,9-10,14H,1-2,7H2,(H2,22,26)(H,23,24). The van der Waals surface area contributed by atoms with Gasteiger partial charge in [-0.15, -0.1) is 0 Å². The maximum absolute atomic E-state index is 12.6. The molecule has 1 saturated carbocycles. The number of nitrogens with two attached hydrogens (primary N) is 1. The molecule has 1 fully saturated rings. The molecule has 1 unspecified atom stereocenters.